The molecule has 25 heavy (non-hydrogen) atoms. The van der Waals surface area contributed by atoms with Crippen LogP contribution in [0.4, 0.5) is 13.9 Å². The number of alkyl halides is 2. The van der Waals surface area contributed by atoms with E-state index in [1.54, 1.807) is 0 Å². The van der Waals surface area contributed by atoms with E-state index in [4.69, 9.17) is 0 Å². The van der Waals surface area contributed by atoms with Gasteiger partial charge in [-0.25, -0.2) is 4.98 Å². The van der Waals surface area contributed by atoms with E-state index >= 15 is 0 Å². The van der Waals surface area contributed by atoms with E-state index < -0.39 is 12.5 Å². The highest BCUT2D eigenvalue weighted by Crippen LogP contribution is 2.21. The summed E-state index contributed by atoms with van der Waals surface area (Å²) < 4.78 is 28.8. The molecule has 5 nitrogen and oxygen atoms in total. The number of hydrogen-bond acceptors (Lipinski definition) is 5. The molecule has 134 valence electrons. The van der Waals surface area contributed by atoms with Crippen molar-refractivity contribution in [3.63, 3.8) is 0 Å². The lowest BCUT2D eigenvalue weighted by Gasteiger charge is -2.25. The molecule has 0 spiro atoms. The zero-order valence-corrected chi connectivity index (χ0v) is 14.4. The number of aromatic nitrogens is 1. The molecule has 0 radical (unpaired) electrons. The van der Waals surface area contributed by atoms with Crippen LogP contribution < -0.4 is 10.1 Å². The fourth-order valence-corrected chi connectivity index (χ4v) is 3.46. The van der Waals surface area contributed by atoms with Gasteiger partial charge in [-0.05, 0) is 44.1 Å². The Labute approximate surface area is 148 Å². The molecule has 3 rings (SSSR count). The Morgan fingerprint density at radius 3 is 2.88 bits per heavy atom. The van der Waals surface area contributed by atoms with Crippen LogP contribution in [0.25, 0.3) is 0 Å². The Hall–Kier alpha value is -2.06. The molecule has 1 N–H and O–H groups in total. The van der Waals surface area contributed by atoms with Crippen molar-refractivity contribution in [2.75, 3.05) is 18.4 Å². The van der Waals surface area contributed by atoms with Gasteiger partial charge in [0, 0.05) is 17.5 Å². The van der Waals surface area contributed by atoms with Crippen molar-refractivity contribution >= 4 is 22.4 Å². The standard InChI is InChI=1S/C17H19F2N3O2S/c18-16(19)24-14-6-4-5-12(9-14)15(23)21-17-20-13(11-25-17)10-22-7-2-1-3-8-22/h4-6,9,11,16H,1-3,7-8,10H2,(H,20,21,23). The van der Waals surface area contributed by atoms with Crippen LogP contribution in [0.2, 0.25) is 0 Å². The summed E-state index contributed by atoms with van der Waals surface area (Å²) in [6, 6.07) is 5.69. The highest BCUT2D eigenvalue weighted by molar-refractivity contribution is 7.13. The maximum atomic E-state index is 12.3. The molecule has 1 amide bonds. The number of thiazole rings is 1. The Balaban J connectivity index is 1.59. The number of hydrogen-bond donors (Lipinski definition) is 1. The molecule has 1 aromatic heterocycles. The normalized spacial score (nSPS) is 15.3. The fourth-order valence-electron chi connectivity index (χ4n) is 2.77. The molecular formula is C17H19F2N3O2S. The summed E-state index contributed by atoms with van der Waals surface area (Å²) in [5, 5.41) is 5.13. The van der Waals surface area contributed by atoms with E-state index in [9.17, 15) is 13.6 Å². The van der Waals surface area contributed by atoms with Gasteiger partial charge in [0.05, 0.1) is 5.69 Å². The van der Waals surface area contributed by atoms with Crippen LogP contribution in [0.15, 0.2) is 29.6 Å². The molecule has 1 fully saturated rings. The van der Waals surface area contributed by atoms with Crippen LogP contribution >= 0.6 is 11.3 Å². The summed E-state index contributed by atoms with van der Waals surface area (Å²) in [6.45, 7) is 0.0192. The Morgan fingerprint density at radius 1 is 1.32 bits per heavy atom. The summed E-state index contributed by atoms with van der Waals surface area (Å²) >= 11 is 1.35. The quantitative estimate of drug-likeness (QED) is 0.839. The highest BCUT2D eigenvalue weighted by atomic mass is 32.1. The second-order valence-electron chi connectivity index (χ2n) is 5.84. The lowest BCUT2D eigenvalue weighted by molar-refractivity contribution is -0.0498. The van der Waals surface area contributed by atoms with E-state index in [0.29, 0.717) is 5.13 Å². The smallest absolute Gasteiger partial charge is 0.387 e. The van der Waals surface area contributed by atoms with E-state index in [0.717, 1.165) is 25.3 Å². The lowest BCUT2D eigenvalue weighted by atomic mass is 10.1. The summed E-state index contributed by atoms with van der Waals surface area (Å²) in [5.41, 5.74) is 1.17. The molecule has 1 aromatic carbocycles. The number of benzene rings is 1. The molecule has 0 saturated carbocycles. The third kappa shape index (κ3) is 5.20. The monoisotopic (exact) mass is 367 g/mol. The number of amides is 1. The molecule has 0 unspecified atom stereocenters. The molecule has 0 atom stereocenters. The van der Waals surface area contributed by atoms with Crippen LogP contribution in [0.3, 0.4) is 0 Å². The molecule has 0 aliphatic carbocycles. The molecule has 2 heterocycles. The minimum atomic E-state index is -2.92. The maximum Gasteiger partial charge on any atom is 0.387 e. The zero-order chi connectivity index (χ0) is 17.6. The number of halogens is 2. The SMILES string of the molecule is O=C(Nc1nc(CN2CCCCC2)cs1)c1cccc(OC(F)F)c1. The first-order valence-corrected chi connectivity index (χ1v) is 9.01. The molecule has 2 aromatic rings. The maximum absolute atomic E-state index is 12.3. The number of anilines is 1. The summed E-state index contributed by atoms with van der Waals surface area (Å²) in [7, 11) is 0. The van der Waals surface area contributed by atoms with Gasteiger partial charge in [-0.3, -0.25) is 15.0 Å². The predicted molar refractivity (Wildman–Crippen MR) is 92.3 cm³/mol. The van der Waals surface area contributed by atoms with E-state index in [2.05, 4.69) is 19.9 Å². The summed E-state index contributed by atoms with van der Waals surface area (Å²) in [5.74, 6) is -0.453. The van der Waals surface area contributed by atoms with E-state index in [1.165, 1.54) is 54.9 Å². The Bertz CT molecular complexity index is 717. The number of carbonyl (C=O) groups excluding carboxylic acids is 1. The van der Waals surface area contributed by atoms with Gasteiger partial charge in [0.15, 0.2) is 5.13 Å². The molecule has 1 saturated heterocycles. The summed E-state index contributed by atoms with van der Waals surface area (Å²) in [6.07, 6.45) is 3.71. The van der Waals surface area contributed by atoms with E-state index in [-0.39, 0.29) is 11.3 Å². The minimum absolute atomic E-state index is 0.0485. The molecular weight excluding hydrogens is 348 g/mol. The number of carbonyl (C=O) groups is 1. The topological polar surface area (TPSA) is 54.5 Å². The fraction of sp³-hybridized carbons (Fsp3) is 0.412. The average molecular weight is 367 g/mol. The average Bonchev–Trinajstić information content (AvgIpc) is 3.02. The molecule has 0 bridgehead atoms. The van der Waals surface area contributed by atoms with Gasteiger partial charge in [-0.15, -0.1) is 11.3 Å². The number of nitrogens with zero attached hydrogens (tertiary/aromatic N) is 2. The predicted octanol–water partition coefficient (Wildman–Crippen LogP) is 3.98. The van der Waals surface area contributed by atoms with Crippen LogP contribution in [0.1, 0.15) is 35.3 Å². The molecule has 1 aliphatic rings. The number of nitrogens with one attached hydrogen (secondary N) is 1. The van der Waals surface area contributed by atoms with Crippen LogP contribution in [-0.2, 0) is 6.54 Å². The van der Waals surface area contributed by atoms with Crippen LogP contribution in [-0.4, -0.2) is 35.5 Å². The second-order valence-corrected chi connectivity index (χ2v) is 6.70. The number of rotatable bonds is 6. The van der Waals surface area contributed by atoms with Gasteiger partial charge in [0.2, 0.25) is 0 Å². The first-order chi connectivity index (χ1) is 12.1. The number of likely N-dealkylation sites (tertiary alicyclic amines) is 1. The first kappa shape index (κ1) is 17.8. The Morgan fingerprint density at radius 2 is 2.12 bits per heavy atom. The molecule has 1 aliphatic heterocycles. The Kier molecular flexibility index (Phi) is 5.93. The third-order valence-corrected chi connectivity index (χ3v) is 4.73. The molecule has 8 heteroatoms. The largest absolute Gasteiger partial charge is 0.435 e. The van der Waals surface area contributed by atoms with E-state index in [1.807, 2.05) is 5.38 Å². The van der Waals surface area contributed by atoms with Crippen molar-refractivity contribution in [3.8, 4) is 5.75 Å². The summed E-state index contributed by atoms with van der Waals surface area (Å²) in [4.78, 5) is 19.0. The number of piperidine rings is 1. The van der Waals surface area contributed by atoms with Gasteiger partial charge in [0.25, 0.3) is 5.91 Å². The highest BCUT2D eigenvalue weighted by Gasteiger charge is 2.14. The van der Waals surface area contributed by atoms with Crippen molar-refractivity contribution in [2.24, 2.45) is 0 Å². The lowest BCUT2D eigenvalue weighted by Crippen LogP contribution is -2.29. The van der Waals surface area contributed by atoms with Crippen LogP contribution in [0.5, 0.6) is 5.75 Å². The van der Waals surface area contributed by atoms with Gasteiger partial charge in [-0.2, -0.15) is 8.78 Å². The van der Waals surface area contributed by atoms with Crippen molar-refractivity contribution in [1.82, 2.24) is 9.88 Å². The minimum Gasteiger partial charge on any atom is -0.435 e. The van der Waals surface area contributed by atoms with Crippen molar-refractivity contribution in [2.45, 2.75) is 32.4 Å². The van der Waals surface area contributed by atoms with Crippen LogP contribution in [0, 0.1) is 0 Å². The first-order valence-electron chi connectivity index (χ1n) is 8.13. The van der Waals surface area contributed by atoms with Crippen molar-refractivity contribution in [3.05, 3.63) is 40.9 Å². The zero-order valence-electron chi connectivity index (χ0n) is 13.6. The van der Waals surface area contributed by atoms with Crippen molar-refractivity contribution < 1.29 is 18.3 Å². The third-order valence-electron chi connectivity index (χ3n) is 3.93. The van der Waals surface area contributed by atoms with Gasteiger partial charge < -0.3 is 4.74 Å². The number of ether oxygens (including phenoxy) is 1. The van der Waals surface area contributed by atoms with Gasteiger partial charge >= 0.3 is 6.61 Å². The van der Waals surface area contributed by atoms with Gasteiger partial charge in [0.1, 0.15) is 5.75 Å². The second kappa shape index (κ2) is 8.35. The van der Waals surface area contributed by atoms with Crippen molar-refractivity contribution in [1.29, 1.82) is 0 Å². The van der Waals surface area contributed by atoms with Gasteiger partial charge in [-0.1, -0.05) is 12.5 Å².